The highest BCUT2D eigenvalue weighted by atomic mass is 16.6. The van der Waals surface area contributed by atoms with Gasteiger partial charge in [-0.2, -0.15) is 0 Å². The second-order valence-corrected chi connectivity index (χ2v) is 7.24. The lowest BCUT2D eigenvalue weighted by Crippen LogP contribution is -2.41. The number of likely N-dealkylation sites (tertiary alicyclic amines) is 1. The summed E-state index contributed by atoms with van der Waals surface area (Å²) in [6.45, 7) is 6.07. The molecular weight excluding hydrogens is 348 g/mol. The summed E-state index contributed by atoms with van der Waals surface area (Å²) in [6, 6.07) is 4.84. The van der Waals surface area contributed by atoms with Gasteiger partial charge in [0.25, 0.3) is 11.6 Å². The number of para-hydroxylation sites is 1. The van der Waals surface area contributed by atoms with Gasteiger partial charge < -0.3 is 9.80 Å². The Kier molecular flexibility index (Phi) is 6.05. The summed E-state index contributed by atoms with van der Waals surface area (Å²) in [6.07, 6.45) is 2.89. The lowest BCUT2D eigenvalue weighted by atomic mass is 10.1. The molecule has 0 spiro atoms. The molecule has 2 saturated heterocycles. The van der Waals surface area contributed by atoms with Crippen LogP contribution in [0.4, 0.5) is 5.69 Å². The van der Waals surface area contributed by atoms with Crippen LogP contribution in [0.2, 0.25) is 0 Å². The minimum Gasteiger partial charge on any atom is -0.342 e. The van der Waals surface area contributed by atoms with Gasteiger partial charge in [0, 0.05) is 44.8 Å². The predicted molar refractivity (Wildman–Crippen MR) is 101 cm³/mol. The molecular formula is C19H26N4O4. The monoisotopic (exact) mass is 374 g/mol. The highest BCUT2D eigenvalue weighted by Gasteiger charge is 2.28. The molecule has 0 aliphatic carbocycles. The van der Waals surface area contributed by atoms with E-state index in [1.54, 1.807) is 24.0 Å². The third-order valence-corrected chi connectivity index (χ3v) is 5.34. The number of benzene rings is 1. The van der Waals surface area contributed by atoms with Crippen LogP contribution in [-0.2, 0) is 4.79 Å². The summed E-state index contributed by atoms with van der Waals surface area (Å²) in [5, 5.41) is 11.4. The van der Waals surface area contributed by atoms with Gasteiger partial charge in [0.05, 0.1) is 11.5 Å². The van der Waals surface area contributed by atoms with Gasteiger partial charge >= 0.3 is 0 Å². The van der Waals surface area contributed by atoms with Crippen molar-refractivity contribution in [1.29, 1.82) is 0 Å². The van der Waals surface area contributed by atoms with Gasteiger partial charge in [-0.25, -0.2) is 0 Å². The van der Waals surface area contributed by atoms with E-state index >= 15 is 0 Å². The lowest BCUT2D eigenvalue weighted by molar-refractivity contribution is -0.385. The van der Waals surface area contributed by atoms with Crippen LogP contribution < -0.4 is 0 Å². The van der Waals surface area contributed by atoms with Crippen LogP contribution >= 0.6 is 0 Å². The summed E-state index contributed by atoms with van der Waals surface area (Å²) in [5.41, 5.74) is 0.507. The van der Waals surface area contributed by atoms with E-state index in [9.17, 15) is 19.7 Å². The number of nitro benzene ring substituents is 1. The molecule has 2 aliphatic heterocycles. The first kappa shape index (κ1) is 19.3. The van der Waals surface area contributed by atoms with Crippen molar-refractivity contribution >= 4 is 17.5 Å². The minimum absolute atomic E-state index is 0.118. The van der Waals surface area contributed by atoms with E-state index < -0.39 is 4.92 Å². The topological polar surface area (TPSA) is 87.0 Å². The molecule has 1 aromatic carbocycles. The highest BCUT2D eigenvalue weighted by molar-refractivity contribution is 5.98. The molecule has 0 saturated carbocycles. The first-order valence-corrected chi connectivity index (χ1v) is 9.51. The number of aryl methyl sites for hydroxylation is 1. The molecule has 1 aromatic rings. The molecule has 146 valence electrons. The third-order valence-electron chi connectivity index (χ3n) is 5.34. The summed E-state index contributed by atoms with van der Waals surface area (Å²) in [7, 11) is 0. The number of hydrogen-bond donors (Lipinski definition) is 0. The number of rotatable bonds is 4. The molecule has 0 radical (unpaired) electrons. The van der Waals surface area contributed by atoms with Crippen LogP contribution in [0, 0.1) is 17.0 Å². The Morgan fingerprint density at radius 2 is 1.70 bits per heavy atom. The summed E-state index contributed by atoms with van der Waals surface area (Å²) in [4.78, 5) is 41.8. The molecule has 8 nitrogen and oxygen atoms in total. The van der Waals surface area contributed by atoms with Crippen molar-refractivity contribution in [3.05, 3.63) is 39.4 Å². The quantitative estimate of drug-likeness (QED) is 0.591. The Balaban J connectivity index is 1.64. The van der Waals surface area contributed by atoms with Gasteiger partial charge in [0.15, 0.2) is 0 Å². The maximum atomic E-state index is 12.9. The van der Waals surface area contributed by atoms with E-state index in [4.69, 9.17) is 0 Å². The van der Waals surface area contributed by atoms with E-state index in [2.05, 4.69) is 4.90 Å². The molecule has 0 aromatic heterocycles. The van der Waals surface area contributed by atoms with Gasteiger partial charge in [-0.15, -0.1) is 0 Å². The average molecular weight is 374 g/mol. The van der Waals surface area contributed by atoms with Crippen molar-refractivity contribution in [2.75, 3.05) is 45.8 Å². The fourth-order valence-corrected chi connectivity index (χ4v) is 3.83. The van der Waals surface area contributed by atoms with E-state index in [0.717, 1.165) is 38.9 Å². The Hall–Kier alpha value is -2.48. The lowest BCUT2D eigenvalue weighted by Gasteiger charge is -2.24. The van der Waals surface area contributed by atoms with Gasteiger partial charge in [0.1, 0.15) is 5.56 Å². The molecule has 0 N–H and O–H groups in total. The number of carbonyl (C=O) groups is 2. The van der Waals surface area contributed by atoms with Crippen LogP contribution in [0.25, 0.3) is 0 Å². The van der Waals surface area contributed by atoms with Crippen LogP contribution in [0.1, 0.15) is 35.2 Å². The van der Waals surface area contributed by atoms with Gasteiger partial charge in [0.2, 0.25) is 5.91 Å². The van der Waals surface area contributed by atoms with Gasteiger partial charge in [-0.05, 0) is 32.3 Å². The van der Waals surface area contributed by atoms with Crippen molar-refractivity contribution in [2.45, 2.75) is 26.2 Å². The van der Waals surface area contributed by atoms with Crippen LogP contribution in [-0.4, -0.2) is 77.3 Å². The number of amides is 2. The summed E-state index contributed by atoms with van der Waals surface area (Å²) < 4.78 is 0. The molecule has 2 aliphatic rings. The molecule has 2 amide bonds. The normalized spacial score (nSPS) is 18.4. The average Bonchev–Trinajstić information content (AvgIpc) is 3.08. The van der Waals surface area contributed by atoms with Crippen molar-refractivity contribution in [2.24, 2.45) is 0 Å². The molecule has 2 fully saturated rings. The number of nitrogens with zero attached hydrogens (tertiary/aromatic N) is 4. The zero-order valence-electron chi connectivity index (χ0n) is 15.7. The molecule has 2 heterocycles. The fourth-order valence-electron chi connectivity index (χ4n) is 3.83. The number of carbonyl (C=O) groups excluding carboxylic acids is 2. The number of nitro groups is 1. The standard InChI is InChI=1S/C19H26N4O4/c1-15-6-4-7-16(18(15)23(26)27)19(25)22-11-5-8-20(12-13-22)14-17(24)21-9-2-3-10-21/h4,6-7H,2-3,5,8-14H2,1H3. The maximum absolute atomic E-state index is 12.9. The first-order valence-electron chi connectivity index (χ1n) is 9.51. The second kappa shape index (κ2) is 8.47. The Labute approximate surface area is 158 Å². The van der Waals surface area contributed by atoms with E-state index in [-0.39, 0.29) is 23.1 Å². The second-order valence-electron chi connectivity index (χ2n) is 7.24. The summed E-state index contributed by atoms with van der Waals surface area (Å²) >= 11 is 0. The van der Waals surface area contributed by atoms with Crippen molar-refractivity contribution in [3.63, 3.8) is 0 Å². The first-order chi connectivity index (χ1) is 13.0. The smallest absolute Gasteiger partial charge is 0.285 e. The minimum atomic E-state index is -0.485. The van der Waals surface area contributed by atoms with Crippen molar-refractivity contribution in [1.82, 2.24) is 14.7 Å². The molecule has 27 heavy (non-hydrogen) atoms. The largest absolute Gasteiger partial charge is 0.342 e. The Morgan fingerprint density at radius 3 is 2.41 bits per heavy atom. The SMILES string of the molecule is Cc1cccc(C(=O)N2CCCN(CC(=O)N3CCCC3)CC2)c1[N+](=O)[O-]. The Morgan fingerprint density at radius 1 is 1.00 bits per heavy atom. The number of hydrogen-bond acceptors (Lipinski definition) is 5. The third kappa shape index (κ3) is 4.44. The predicted octanol–water partition coefficient (Wildman–Crippen LogP) is 1.67. The Bertz CT molecular complexity index is 730. The van der Waals surface area contributed by atoms with Gasteiger partial charge in [-0.1, -0.05) is 12.1 Å². The molecule has 3 rings (SSSR count). The van der Waals surface area contributed by atoms with Crippen LogP contribution in [0.3, 0.4) is 0 Å². The van der Waals surface area contributed by atoms with Crippen LogP contribution in [0.15, 0.2) is 18.2 Å². The van der Waals surface area contributed by atoms with Gasteiger partial charge in [-0.3, -0.25) is 24.6 Å². The zero-order valence-corrected chi connectivity index (χ0v) is 15.7. The molecule has 8 heteroatoms. The summed E-state index contributed by atoms with van der Waals surface area (Å²) in [5.74, 6) is -0.153. The molecule has 0 bridgehead atoms. The van der Waals surface area contributed by atoms with E-state index in [1.807, 2.05) is 4.90 Å². The zero-order chi connectivity index (χ0) is 19.4. The highest BCUT2D eigenvalue weighted by Crippen LogP contribution is 2.25. The molecule has 0 atom stereocenters. The van der Waals surface area contributed by atoms with Crippen LogP contribution in [0.5, 0.6) is 0 Å². The van der Waals surface area contributed by atoms with E-state index in [0.29, 0.717) is 31.7 Å². The molecule has 0 unspecified atom stereocenters. The van der Waals surface area contributed by atoms with Crippen molar-refractivity contribution < 1.29 is 14.5 Å². The fraction of sp³-hybridized carbons (Fsp3) is 0.579. The van der Waals surface area contributed by atoms with E-state index in [1.165, 1.54) is 6.07 Å². The maximum Gasteiger partial charge on any atom is 0.285 e. The van der Waals surface area contributed by atoms with Crippen molar-refractivity contribution in [3.8, 4) is 0 Å².